The number of aryl methyl sites for hydroxylation is 1. The first-order chi connectivity index (χ1) is 6.83. The van der Waals surface area contributed by atoms with Crippen LogP contribution in [0.1, 0.15) is 22.3 Å². The highest BCUT2D eigenvalue weighted by Crippen LogP contribution is 2.27. The molecule has 0 amide bonds. The number of aldehydes is 1. The lowest BCUT2D eigenvalue weighted by atomic mass is 10.4. The topological polar surface area (TPSA) is 42.9 Å². The van der Waals surface area contributed by atoms with Gasteiger partial charge in [0, 0.05) is 16.5 Å². The Labute approximate surface area is 89.5 Å². The van der Waals surface area contributed by atoms with E-state index in [1.165, 1.54) is 16.2 Å². The third-order valence-electron chi connectivity index (χ3n) is 1.73. The van der Waals surface area contributed by atoms with E-state index in [2.05, 4.69) is 16.9 Å². The van der Waals surface area contributed by atoms with Gasteiger partial charge in [0.25, 0.3) is 0 Å². The zero-order valence-corrected chi connectivity index (χ0v) is 9.19. The van der Waals surface area contributed by atoms with E-state index in [0.29, 0.717) is 5.69 Å². The zero-order chi connectivity index (χ0) is 9.97. The summed E-state index contributed by atoms with van der Waals surface area (Å²) in [6, 6.07) is 0. The largest absolute Gasteiger partial charge is 0.296 e. The van der Waals surface area contributed by atoms with Crippen molar-refractivity contribution >= 4 is 29.0 Å². The molecule has 2 rings (SSSR count). The molecule has 0 aliphatic heterocycles. The van der Waals surface area contributed by atoms with E-state index in [9.17, 15) is 4.79 Å². The number of carbonyl (C=O) groups excluding carboxylic acids is 1. The maximum atomic E-state index is 10.4. The summed E-state index contributed by atoms with van der Waals surface area (Å²) in [6.07, 6.45) is 3.61. The molecule has 0 aromatic carbocycles. The van der Waals surface area contributed by atoms with Gasteiger partial charge in [-0.3, -0.25) is 4.79 Å². The highest BCUT2D eigenvalue weighted by molar-refractivity contribution is 7.20. The van der Waals surface area contributed by atoms with Crippen molar-refractivity contribution in [3.63, 3.8) is 0 Å². The van der Waals surface area contributed by atoms with Gasteiger partial charge in [0.05, 0.1) is 0 Å². The number of aromatic nitrogens is 2. The monoisotopic (exact) mass is 224 g/mol. The molecule has 0 radical (unpaired) electrons. The predicted molar refractivity (Wildman–Crippen MR) is 58.0 cm³/mol. The molecule has 0 aliphatic rings. The van der Waals surface area contributed by atoms with Gasteiger partial charge in [0.2, 0.25) is 0 Å². The molecular formula is C9H8N2OS2. The maximum absolute atomic E-state index is 10.4. The van der Waals surface area contributed by atoms with Crippen LogP contribution in [0.5, 0.6) is 0 Å². The molecule has 2 heterocycles. The summed E-state index contributed by atoms with van der Waals surface area (Å²) in [6.45, 7) is 2.09. The number of rotatable bonds is 3. The lowest BCUT2D eigenvalue weighted by Crippen LogP contribution is -1.78. The van der Waals surface area contributed by atoms with E-state index in [4.69, 9.17) is 0 Å². The molecule has 0 spiro atoms. The highest BCUT2D eigenvalue weighted by atomic mass is 32.1. The van der Waals surface area contributed by atoms with Crippen molar-refractivity contribution in [2.24, 2.45) is 0 Å². The molecule has 0 saturated heterocycles. The fourth-order valence-corrected chi connectivity index (χ4v) is 2.67. The molecule has 5 heteroatoms. The van der Waals surface area contributed by atoms with Crippen LogP contribution in [0.15, 0.2) is 11.6 Å². The second kappa shape index (κ2) is 3.98. The van der Waals surface area contributed by atoms with Crippen LogP contribution in [0.25, 0.3) is 10.0 Å². The average Bonchev–Trinajstić information content (AvgIpc) is 2.86. The van der Waals surface area contributed by atoms with Crippen LogP contribution in [0.4, 0.5) is 0 Å². The number of hydrogen-bond donors (Lipinski definition) is 0. The molecule has 0 bridgehead atoms. The van der Waals surface area contributed by atoms with Crippen molar-refractivity contribution in [2.75, 3.05) is 0 Å². The Bertz CT molecular complexity index is 447. The molecule has 0 saturated carbocycles. The summed E-state index contributed by atoms with van der Waals surface area (Å²) in [4.78, 5) is 20.1. The van der Waals surface area contributed by atoms with Crippen molar-refractivity contribution in [3.8, 4) is 10.0 Å². The van der Waals surface area contributed by atoms with E-state index >= 15 is 0 Å². The fourth-order valence-electron chi connectivity index (χ4n) is 1.01. The summed E-state index contributed by atoms with van der Waals surface area (Å²) in [5.41, 5.74) is 0.484. The smallest absolute Gasteiger partial charge is 0.169 e. The van der Waals surface area contributed by atoms with E-state index < -0.39 is 0 Å². The molecule has 72 valence electrons. The zero-order valence-electron chi connectivity index (χ0n) is 7.56. The molecule has 3 nitrogen and oxygen atoms in total. The van der Waals surface area contributed by atoms with Gasteiger partial charge in [-0.2, -0.15) is 0 Å². The standard InChI is InChI=1S/C9H8N2OS2/c1-2-7-3-10-8(14-7)9-11-6(4-12)5-13-9/h3-5H,2H2,1H3. The Balaban J connectivity index is 2.33. The summed E-state index contributed by atoms with van der Waals surface area (Å²) in [5, 5.41) is 3.48. The van der Waals surface area contributed by atoms with Crippen molar-refractivity contribution in [3.05, 3.63) is 22.1 Å². The van der Waals surface area contributed by atoms with Crippen LogP contribution in [0.2, 0.25) is 0 Å². The van der Waals surface area contributed by atoms with Crippen LogP contribution in [-0.4, -0.2) is 16.3 Å². The van der Waals surface area contributed by atoms with Gasteiger partial charge in [-0.25, -0.2) is 9.97 Å². The summed E-state index contributed by atoms with van der Waals surface area (Å²) >= 11 is 3.09. The van der Waals surface area contributed by atoms with Crippen LogP contribution < -0.4 is 0 Å². The lowest BCUT2D eigenvalue weighted by Gasteiger charge is -1.84. The Morgan fingerprint density at radius 1 is 1.50 bits per heavy atom. The first-order valence-corrected chi connectivity index (χ1v) is 5.89. The van der Waals surface area contributed by atoms with Gasteiger partial charge < -0.3 is 0 Å². The Morgan fingerprint density at radius 3 is 2.93 bits per heavy atom. The molecule has 0 aliphatic carbocycles. The van der Waals surface area contributed by atoms with Gasteiger partial charge in [0.1, 0.15) is 5.69 Å². The van der Waals surface area contributed by atoms with Crippen molar-refractivity contribution in [1.29, 1.82) is 0 Å². The van der Waals surface area contributed by atoms with Gasteiger partial charge in [-0.1, -0.05) is 6.92 Å². The number of hydrogen-bond acceptors (Lipinski definition) is 5. The number of thiazole rings is 2. The van der Waals surface area contributed by atoms with Crippen LogP contribution >= 0.6 is 22.7 Å². The summed E-state index contributed by atoms with van der Waals surface area (Å²) in [5.74, 6) is 0. The fraction of sp³-hybridized carbons (Fsp3) is 0.222. The molecule has 0 unspecified atom stereocenters. The van der Waals surface area contributed by atoms with Crippen LogP contribution in [0, 0.1) is 0 Å². The minimum atomic E-state index is 0.484. The Morgan fingerprint density at radius 2 is 2.36 bits per heavy atom. The highest BCUT2D eigenvalue weighted by Gasteiger charge is 2.08. The van der Waals surface area contributed by atoms with Gasteiger partial charge in [0.15, 0.2) is 16.3 Å². The molecule has 2 aromatic heterocycles. The third-order valence-corrected chi connectivity index (χ3v) is 3.87. The molecule has 0 N–H and O–H groups in total. The number of carbonyl (C=O) groups is 1. The molecular weight excluding hydrogens is 216 g/mol. The van der Waals surface area contributed by atoms with Crippen LogP contribution in [0.3, 0.4) is 0 Å². The van der Waals surface area contributed by atoms with Crippen molar-refractivity contribution in [2.45, 2.75) is 13.3 Å². The molecule has 14 heavy (non-hydrogen) atoms. The first kappa shape index (κ1) is 9.48. The minimum Gasteiger partial charge on any atom is -0.296 e. The Hall–Kier alpha value is -1.07. The van der Waals surface area contributed by atoms with Crippen LogP contribution in [-0.2, 0) is 6.42 Å². The molecule has 0 atom stereocenters. The normalized spacial score (nSPS) is 10.4. The van der Waals surface area contributed by atoms with Gasteiger partial charge >= 0.3 is 0 Å². The summed E-state index contributed by atoms with van der Waals surface area (Å²) in [7, 11) is 0. The van der Waals surface area contributed by atoms with E-state index in [0.717, 1.165) is 22.7 Å². The van der Waals surface area contributed by atoms with Crippen molar-refractivity contribution < 1.29 is 4.79 Å². The molecule has 0 fully saturated rings. The Kier molecular flexibility index (Phi) is 2.69. The average molecular weight is 224 g/mol. The second-order valence-corrected chi connectivity index (χ2v) is 4.65. The van der Waals surface area contributed by atoms with Gasteiger partial charge in [-0.15, -0.1) is 22.7 Å². The minimum absolute atomic E-state index is 0.484. The van der Waals surface area contributed by atoms with E-state index in [1.54, 1.807) is 16.7 Å². The quantitative estimate of drug-likeness (QED) is 0.753. The molecule has 2 aromatic rings. The van der Waals surface area contributed by atoms with E-state index in [1.807, 2.05) is 6.20 Å². The lowest BCUT2D eigenvalue weighted by molar-refractivity contribution is 0.111. The third kappa shape index (κ3) is 1.73. The van der Waals surface area contributed by atoms with E-state index in [-0.39, 0.29) is 0 Å². The number of nitrogens with zero attached hydrogens (tertiary/aromatic N) is 2. The first-order valence-electron chi connectivity index (χ1n) is 4.19. The maximum Gasteiger partial charge on any atom is 0.169 e. The van der Waals surface area contributed by atoms with Gasteiger partial charge in [-0.05, 0) is 6.42 Å². The predicted octanol–water partition coefficient (Wildman–Crippen LogP) is 2.64. The SMILES string of the molecule is CCc1cnc(-c2nc(C=O)cs2)s1. The van der Waals surface area contributed by atoms with Crippen molar-refractivity contribution in [1.82, 2.24) is 9.97 Å². The second-order valence-electron chi connectivity index (χ2n) is 2.68. The summed E-state index contributed by atoms with van der Waals surface area (Å²) < 4.78 is 0.